The molecule has 66 valence electrons. The number of benzene rings is 1. The Morgan fingerprint density at radius 1 is 1.42 bits per heavy atom. The summed E-state index contributed by atoms with van der Waals surface area (Å²) in [6.45, 7) is 3.59. The minimum Gasteiger partial charge on any atom is -0.698 e. The van der Waals surface area contributed by atoms with E-state index in [1.807, 2.05) is 6.07 Å². The van der Waals surface area contributed by atoms with E-state index in [-0.39, 0.29) is 20.4 Å². The Hall–Kier alpha value is -0.908. The molecule has 0 saturated heterocycles. The molecule has 1 aromatic carbocycles. The normalized spacial score (nSPS) is 8.33. The first-order valence-corrected chi connectivity index (χ1v) is 3.26. The van der Waals surface area contributed by atoms with E-state index < -0.39 is 0 Å². The van der Waals surface area contributed by atoms with Crippen LogP contribution < -0.4 is 0 Å². The third-order valence-electron chi connectivity index (χ3n) is 1.47. The summed E-state index contributed by atoms with van der Waals surface area (Å²) >= 11 is 0. The van der Waals surface area contributed by atoms with Crippen molar-refractivity contribution >= 4 is 18.0 Å². The zero-order valence-electron chi connectivity index (χ0n) is 6.41. The van der Waals surface area contributed by atoms with Crippen molar-refractivity contribution in [3.8, 4) is 0 Å². The molecule has 0 heterocycles. The van der Waals surface area contributed by atoms with Crippen LogP contribution in [0.2, 0.25) is 0 Å². The summed E-state index contributed by atoms with van der Waals surface area (Å²) in [7, 11) is 0. The number of rotatable bonds is 2. The van der Waals surface area contributed by atoms with Crippen molar-refractivity contribution in [2.75, 3.05) is 0 Å². The van der Waals surface area contributed by atoms with E-state index in [4.69, 9.17) is 11.1 Å². The van der Waals surface area contributed by atoms with Gasteiger partial charge in [0.1, 0.15) is 0 Å². The first-order chi connectivity index (χ1) is 5.27. The van der Waals surface area contributed by atoms with Crippen molar-refractivity contribution in [3.63, 3.8) is 0 Å². The summed E-state index contributed by atoms with van der Waals surface area (Å²) in [6.07, 6.45) is 2.86. The van der Waals surface area contributed by atoms with Gasteiger partial charge in [-0.05, 0) is 11.1 Å². The van der Waals surface area contributed by atoms with Crippen LogP contribution in [0.15, 0.2) is 24.8 Å². The van der Waals surface area contributed by atoms with E-state index >= 15 is 0 Å². The van der Waals surface area contributed by atoms with Gasteiger partial charge in [-0.15, -0.1) is 5.69 Å². The zero-order valence-corrected chi connectivity index (χ0v) is 7.96. The minimum atomic E-state index is 0. The van der Waals surface area contributed by atoms with Crippen LogP contribution in [0.25, 0.3) is 11.8 Å². The van der Waals surface area contributed by atoms with Crippen LogP contribution >= 0.6 is 0 Å². The van der Waals surface area contributed by atoms with Crippen molar-refractivity contribution < 1.29 is 20.4 Å². The molecule has 0 aliphatic rings. The van der Waals surface area contributed by atoms with Crippen LogP contribution in [0.1, 0.15) is 11.1 Å². The molecule has 1 rings (SSSR count). The van der Waals surface area contributed by atoms with E-state index in [1.165, 1.54) is 6.21 Å². The standard InChI is InChI=1S/C9H9N2.Pd/c1-2-7-3-4-8(6-10)9(11)5-7;/h2-6,10-11H,1H2;/q-1;. The Balaban J connectivity index is 0.00000121. The fraction of sp³-hybridized carbons (Fsp3) is 0. The second-order valence-corrected chi connectivity index (χ2v) is 2.20. The predicted octanol–water partition coefficient (Wildman–Crippen LogP) is 3.01. The summed E-state index contributed by atoms with van der Waals surface area (Å²) in [5, 5.41) is 6.94. The molecule has 0 aromatic heterocycles. The van der Waals surface area contributed by atoms with E-state index in [1.54, 1.807) is 18.2 Å². The molecule has 3 heteroatoms. The van der Waals surface area contributed by atoms with E-state index in [0.29, 0.717) is 11.3 Å². The summed E-state index contributed by atoms with van der Waals surface area (Å²) < 4.78 is 0. The Bertz CT molecular complexity index is 295. The van der Waals surface area contributed by atoms with Gasteiger partial charge in [0.2, 0.25) is 0 Å². The smallest absolute Gasteiger partial charge is 0.0237 e. The largest absolute Gasteiger partial charge is 0.698 e. The van der Waals surface area contributed by atoms with Gasteiger partial charge in [0.25, 0.3) is 0 Å². The third-order valence-corrected chi connectivity index (χ3v) is 1.47. The maximum atomic E-state index is 7.42. The van der Waals surface area contributed by atoms with Crippen molar-refractivity contribution in [2.45, 2.75) is 0 Å². The summed E-state index contributed by atoms with van der Waals surface area (Å²) in [6, 6.07) is 5.27. The van der Waals surface area contributed by atoms with Gasteiger partial charge in [0.05, 0.1) is 0 Å². The van der Waals surface area contributed by atoms with Crippen LogP contribution in [0.3, 0.4) is 0 Å². The molecule has 0 unspecified atom stereocenters. The van der Waals surface area contributed by atoms with Gasteiger partial charge >= 0.3 is 0 Å². The van der Waals surface area contributed by atoms with Gasteiger partial charge in [-0.2, -0.15) is 0 Å². The molecule has 0 amide bonds. The summed E-state index contributed by atoms with van der Waals surface area (Å²) in [5.41, 5.74) is 9.34. The Morgan fingerprint density at radius 2 is 2.08 bits per heavy atom. The summed E-state index contributed by atoms with van der Waals surface area (Å²) in [4.78, 5) is 0. The van der Waals surface area contributed by atoms with Crippen LogP contribution in [-0.4, -0.2) is 6.21 Å². The maximum Gasteiger partial charge on any atom is 0.0237 e. The average Bonchev–Trinajstić information content (AvgIpc) is 2.04. The molecule has 0 radical (unpaired) electrons. The Labute approximate surface area is 85.6 Å². The first-order valence-electron chi connectivity index (χ1n) is 3.26. The first kappa shape index (κ1) is 11.1. The predicted molar refractivity (Wildman–Crippen MR) is 48.4 cm³/mol. The molecule has 12 heavy (non-hydrogen) atoms. The van der Waals surface area contributed by atoms with Gasteiger partial charge in [-0.25, -0.2) is 0 Å². The van der Waals surface area contributed by atoms with Crippen LogP contribution in [0.4, 0.5) is 5.69 Å². The maximum absolute atomic E-state index is 7.42. The van der Waals surface area contributed by atoms with E-state index in [9.17, 15) is 0 Å². The zero-order chi connectivity index (χ0) is 8.27. The second-order valence-electron chi connectivity index (χ2n) is 2.20. The topological polar surface area (TPSA) is 47.7 Å². The fourth-order valence-corrected chi connectivity index (χ4v) is 0.827. The van der Waals surface area contributed by atoms with Crippen LogP contribution in [-0.2, 0) is 20.4 Å². The molecule has 2 N–H and O–H groups in total. The minimum absolute atomic E-state index is 0. The molecular formula is C9H9N2Pd-. The van der Waals surface area contributed by atoms with Crippen LogP contribution in [0.5, 0.6) is 0 Å². The van der Waals surface area contributed by atoms with E-state index in [0.717, 1.165) is 5.56 Å². The molecule has 2 nitrogen and oxygen atoms in total. The van der Waals surface area contributed by atoms with Gasteiger partial charge in [0, 0.05) is 26.6 Å². The molecular weight excluding hydrogens is 243 g/mol. The Morgan fingerprint density at radius 3 is 2.50 bits per heavy atom. The SMILES string of the molecule is C=Cc1ccc(C=N)c([NH-])c1.[Pd]. The molecule has 1 aromatic rings. The second kappa shape index (κ2) is 4.87. The summed E-state index contributed by atoms with van der Waals surface area (Å²) in [5.74, 6) is 0. The third kappa shape index (κ3) is 2.30. The number of hydrogen-bond donors (Lipinski definition) is 1. The molecule has 0 saturated carbocycles. The van der Waals surface area contributed by atoms with Crippen molar-refractivity contribution in [2.24, 2.45) is 0 Å². The van der Waals surface area contributed by atoms with Crippen molar-refractivity contribution in [1.29, 1.82) is 5.41 Å². The van der Waals surface area contributed by atoms with Gasteiger partial charge in [-0.3, -0.25) is 0 Å². The molecule has 0 aliphatic heterocycles. The monoisotopic (exact) mass is 251 g/mol. The fourth-order valence-electron chi connectivity index (χ4n) is 0.827. The molecule has 0 bridgehead atoms. The van der Waals surface area contributed by atoms with Crippen molar-refractivity contribution in [1.82, 2.24) is 0 Å². The molecule has 0 atom stereocenters. The van der Waals surface area contributed by atoms with Gasteiger partial charge in [0.15, 0.2) is 0 Å². The van der Waals surface area contributed by atoms with Gasteiger partial charge < -0.3 is 11.1 Å². The Kier molecular flexibility index (Phi) is 4.50. The molecule has 0 aliphatic carbocycles. The average molecular weight is 252 g/mol. The van der Waals surface area contributed by atoms with Gasteiger partial charge in [-0.1, -0.05) is 30.9 Å². The molecule has 0 spiro atoms. The quantitative estimate of drug-likeness (QED) is 0.621. The molecule has 0 fully saturated rings. The van der Waals surface area contributed by atoms with Crippen LogP contribution in [0, 0.1) is 5.41 Å². The number of nitrogens with one attached hydrogen (secondary N) is 2. The van der Waals surface area contributed by atoms with Crippen molar-refractivity contribution in [3.05, 3.63) is 41.6 Å². The van der Waals surface area contributed by atoms with E-state index in [2.05, 4.69) is 6.58 Å². The number of hydrogen-bond acceptors (Lipinski definition) is 1.